The Morgan fingerprint density at radius 2 is 1.80 bits per heavy atom. The first-order valence-corrected chi connectivity index (χ1v) is 8.02. The van der Waals surface area contributed by atoms with Crippen LogP contribution in [0, 0.1) is 6.08 Å². The molecular weight excluding hydrogens is 366 g/mol. The van der Waals surface area contributed by atoms with E-state index in [2.05, 4.69) is 52.0 Å². The molecule has 0 nitrogen and oxygen atoms in total. The Morgan fingerprint density at radius 1 is 1.20 bits per heavy atom. The first kappa shape index (κ1) is 22.6. The van der Waals surface area contributed by atoms with Crippen LogP contribution in [-0.2, 0) is 24.2 Å². The molecule has 0 bridgehead atoms. The molecule has 110 valence electrons. The van der Waals surface area contributed by atoms with E-state index in [0.29, 0.717) is 0 Å². The van der Waals surface area contributed by atoms with Gasteiger partial charge in [-0.05, 0) is 6.42 Å². The van der Waals surface area contributed by atoms with Gasteiger partial charge in [-0.2, -0.15) is 17.2 Å². The largest absolute Gasteiger partial charge is 1.00 e. The fraction of sp³-hybridized carbons (Fsp3) is 0.471. The van der Waals surface area contributed by atoms with E-state index in [9.17, 15) is 0 Å². The SMILES string of the molecule is CCC1=C(CC)C(C2=CC=CC2)=[C-]C1.C[C](C)=[Zr+2].[Cl-].[Cl-]. The van der Waals surface area contributed by atoms with Crippen molar-refractivity contribution in [2.75, 3.05) is 0 Å². The zero-order valence-electron chi connectivity index (χ0n) is 12.8. The zero-order valence-corrected chi connectivity index (χ0v) is 16.8. The standard InChI is InChI=1S/C14H17.C3H6.2ClH.Zr/c1-3-11-9-10-14(13(11)4-2)12-7-5-6-8-12;1-3-2;;;/h5-7H,3-4,8-9H2,1-2H3;1-2H3;2*1H;/q-1;;;;+2/p-2. The van der Waals surface area contributed by atoms with Gasteiger partial charge >= 0.3 is 41.3 Å². The molecule has 0 spiro atoms. The Kier molecular flexibility index (Phi) is 13.4. The van der Waals surface area contributed by atoms with Crippen molar-refractivity contribution >= 4 is 3.21 Å². The number of hydrogen-bond donors (Lipinski definition) is 0. The van der Waals surface area contributed by atoms with Gasteiger partial charge in [0.25, 0.3) is 0 Å². The van der Waals surface area contributed by atoms with Gasteiger partial charge in [0.05, 0.1) is 0 Å². The first-order valence-electron chi connectivity index (χ1n) is 6.80. The van der Waals surface area contributed by atoms with Crippen LogP contribution in [0.1, 0.15) is 53.4 Å². The summed E-state index contributed by atoms with van der Waals surface area (Å²) >= 11 is 1.55. The number of rotatable bonds is 3. The Morgan fingerprint density at radius 3 is 2.20 bits per heavy atom. The maximum absolute atomic E-state index is 3.53. The van der Waals surface area contributed by atoms with Gasteiger partial charge < -0.3 is 24.8 Å². The van der Waals surface area contributed by atoms with Crippen LogP contribution >= 0.6 is 0 Å². The van der Waals surface area contributed by atoms with E-state index in [0.717, 1.165) is 19.3 Å². The molecule has 2 rings (SSSR count). The molecule has 2 aliphatic rings. The van der Waals surface area contributed by atoms with Crippen LogP contribution in [0.3, 0.4) is 0 Å². The third kappa shape index (κ3) is 6.83. The van der Waals surface area contributed by atoms with Crippen LogP contribution < -0.4 is 24.8 Å². The second-order valence-electron chi connectivity index (χ2n) is 4.84. The second-order valence-corrected chi connectivity index (χ2v) is 7.30. The minimum atomic E-state index is 0. The van der Waals surface area contributed by atoms with E-state index < -0.39 is 0 Å². The van der Waals surface area contributed by atoms with Crippen LogP contribution in [0.15, 0.2) is 40.5 Å². The van der Waals surface area contributed by atoms with Crippen molar-refractivity contribution in [1.29, 1.82) is 0 Å². The van der Waals surface area contributed by atoms with Crippen molar-refractivity contribution in [1.82, 2.24) is 0 Å². The summed E-state index contributed by atoms with van der Waals surface area (Å²) in [6, 6.07) is 0. The minimum Gasteiger partial charge on any atom is -1.00 e. The van der Waals surface area contributed by atoms with Gasteiger partial charge in [-0.25, -0.2) is 0 Å². The molecule has 0 N–H and O–H groups in total. The van der Waals surface area contributed by atoms with Gasteiger partial charge in [0.1, 0.15) is 0 Å². The molecule has 0 amide bonds. The number of halogens is 2. The van der Waals surface area contributed by atoms with Crippen LogP contribution in [0.5, 0.6) is 0 Å². The molecule has 3 heteroatoms. The molecule has 0 aromatic rings. The van der Waals surface area contributed by atoms with Crippen molar-refractivity contribution in [2.24, 2.45) is 0 Å². The molecule has 0 unspecified atom stereocenters. The van der Waals surface area contributed by atoms with Crippen LogP contribution in [0.2, 0.25) is 0 Å². The van der Waals surface area contributed by atoms with Crippen LogP contribution in [0.4, 0.5) is 0 Å². The summed E-state index contributed by atoms with van der Waals surface area (Å²) in [4.78, 5) is 0. The molecule has 0 saturated heterocycles. The monoisotopic (exact) mass is 387 g/mol. The van der Waals surface area contributed by atoms with Gasteiger partial charge in [-0.3, -0.25) is 0 Å². The predicted molar refractivity (Wildman–Crippen MR) is 77.2 cm³/mol. The van der Waals surface area contributed by atoms with E-state index >= 15 is 0 Å². The van der Waals surface area contributed by atoms with Crippen molar-refractivity contribution in [3.63, 3.8) is 0 Å². The molecule has 0 aromatic carbocycles. The third-order valence-corrected chi connectivity index (χ3v) is 3.08. The maximum atomic E-state index is 3.53. The summed E-state index contributed by atoms with van der Waals surface area (Å²) in [5, 5.41) is 0. The Balaban J connectivity index is 0. The average Bonchev–Trinajstić information content (AvgIpc) is 2.96. The van der Waals surface area contributed by atoms with Gasteiger partial charge in [0.2, 0.25) is 0 Å². The van der Waals surface area contributed by atoms with Gasteiger partial charge in [0, 0.05) is 0 Å². The first-order chi connectivity index (χ1) is 8.60. The molecule has 0 radical (unpaired) electrons. The van der Waals surface area contributed by atoms with Gasteiger partial charge in [0.15, 0.2) is 0 Å². The van der Waals surface area contributed by atoms with Crippen molar-refractivity contribution in [2.45, 2.75) is 53.4 Å². The smallest absolute Gasteiger partial charge is 1.00 e. The summed E-state index contributed by atoms with van der Waals surface area (Å²) in [5.41, 5.74) is 6.03. The molecule has 20 heavy (non-hydrogen) atoms. The van der Waals surface area contributed by atoms with E-state index in [1.165, 1.54) is 20.8 Å². The summed E-state index contributed by atoms with van der Waals surface area (Å²) in [5.74, 6) is 0. The third-order valence-electron chi connectivity index (χ3n) is 3.08. The van der Waals surface area contributed by atoms with Crippen molar-refractivity contribution in [3.05, 3.63) is 46.6 Å². The molecule has 0 atom stereocenters. The van der Waals surface area contributed by atoms with Crippen LogP contribution in [0.25, 0.3) is 0 Å². The molecule has 2 aliphatic carbocycles. The van der Waals surface area contributed by atoms with E-state index in [1.807, 2.05) is 0 Å². The minimum absolute atomic E-state index is 0. The predicted octanol–water partition coefficient (Wildman–Crippen LogP) is -1.12. The van der Waals surface area contributed by atoms with E-state index in [4.69, 9.17) is 0 Å². The van der Waals surface area contributed by atoms with Crippen molar-refractivity contribution in [3.8, 4) is 0 Å². The van der Waals surface area contributed by atoms with E-state index in [1.54, 1.807) is 35.4 Å². The maximum Gasteiger partial charge on any atom is -1.00 e. The van der Waals surface area contributed by atoms with Crippen LogP contribution in [-0.4, -0.2) is 3.21 Å². The number of allylic oxidation sites excluding steroid dienone is 8. The van der Waals surface area contributed by atoms with Gasteiger partial charge in [-0.1, -0.05) is 45.3 Å². The summed E-state index contributed by atoms with van der Waals surface area (Å²) in [7, 11) is 0. The Labute approximate surface area is 151 Å². The molecule has 0 heterocycles. The fourth-order valence-corrected chi connectivity index (χ4v) is 2.29. The Bertz CT molecular complexity index is 436. The average molecular weight is 390 g/mol. The van der Waals surface area contributed by atoms with Gasteiger partial charge in [-0.15, -0.1) is 17.2 Å². The molecule has 0 fully saturated rings. The molecule has 0 aromatic heterocycles. The Hall–Kier alpha value is 0.293. The van der Waals surface area contributed by atoms with Crippen molar-refractivity contribution < 1.29 is 49.0 Å². The molecule has 0 saturated carbocycles. The molecular formula is C17H23Cl2Zr-. The topological polar surface area (TPSA) is 0 Å². The zero-order chi connectivity index (χ0) is 13.5. The second kappa shape index (κ2) is 11.9. The summed E-state index contributed by atoms with van der Waals surface area (Å²) < 4.78 is 1.51. The summed E-state index contributed by atoms with van der Waals surface area (Å²) in [6.07, 6.45) is 14.6. The quantitative estimate of drug-likeness (QED) is 0.537. The summed E-state index contributed by atoms with van der Waals surface area (Å²) in [6.45, 7) is 8.74. The number of hydrogen-bond acceptors (Lipinski definition) is 0. The normalized spacial score (nSPS) is 15.7. The molecule has 0 aliphatic heterocycles. The fourth-order valence-electron chi connectivity index (χ4n) is 2.29. The van der Waals surface area contributed by atoms with E-state index in [-0.39, 0.29) is 24.8 Å².